The third-order valence-electron chi connectivity index (χ3n) is 5.59. The smallest absolute Gasteiger partial charge is 0.262 e. The lowest BCUT2D eigenvalue weighted by atomic mass is 10.1. The average molecular weight is 451 g/mol. The second kappa shape index (κ2) is 7.27. The summed E-state index contributed by atoms with van der Waals surface area (Å²) in [5.41, 5.74) is 1.38. The van der Waals surface area contributed by atoms with Gasteiger partial charge >= 0.3 is 0 Å². The summed E-state index contributed by atoms with van der Waals surface area (Å²) in [5, 5.41) is 0. The fraction of sp³-hybridized carbons (Fsp3) is 0.0870. The van der Waals surface area contributed by atoms with Gasteiger partial charge in [-0.15, -0.1) is 0 Å². The van der Waals surface area contributed by atoms with Gasteiger partial charge in [-0.1, -0.05) is 35.0 Å². The molecule has 2 aliphatic heterocycles. The maximum atomic E-state index is 14.7. The molecule has 7 nitrogen and oxygen atoms in total. The van der Waals surface area contributed by atoms with Crippen molar-refractivity contribution in [3.8, 4) is 0 Å². The molecule has 0 saturated heterocycles. The molecule has 2 amide bonds. The molecule has 0 fully saturated rings. The molecule has 0 aliphatic carbocycles. The lowest BCUT2D eigenvalue weighted by molar-refractivity contribution is 0.0618. The van der Waals surface area contributed by atoms with Gasteiger partial charge in [0.25, 0.3) is 11.8 Å². The van der Waals surface area contributed by atoms with Crippen LogP contribution in [0.1, 0.15) is 33.2 Å². The van der Waals surface area contributed by atoms with Crippen LogP contribution in [0.25, 0.3) is 6.08 Å². The van der Waals surface area contributed by atoms with Gasteiger partial charge in [0.05, 0.1) is 34.8 Å². The molecule has 5 rings (SSSR count). The Kier molecular flexibility index (Phi) is 4.63. The van der Waals surface area contributed by atoms with Crippen molar-refractivity contribution in [3.63, 3.8) is 0 Å². The van der Waals surface area contributed by atoms with Gasteiger partial charge < -0.3 is 0 Å². The Bertz CT molecular complexity index is 1260. The molecular weight excluding hydrogens is 433 g/mol. The van der Waals surface area contributed by atoms with Crippen LogP contribution in [0, 0.1) is 5.82 Å². The molecule has 0 bridgehead atoms. The molecule has 3 heterocycles. The highest BCUT2D eigenvalue weighted by Gasteiger charge is 2.45. The summed E-state index contributed by atoms with van der Waals surface area (Å²) >= 11 is 0. The van der Waals surface area contributed by atoms with Crippen LogP contribution in [-0.2, 0) is 0 Å². The molecule has 2 aromatic carbocycles. The van der Waals surface area contributed by atoms with Gasteiger partial charge in [0.15, 0.2) is 0 Å². The zero-order valence-corrected chi connectivity index (χ0v) is 17.7. The highest BCUT2D eigenvalue weighted by Crippen LogP contribution is 2.61. The summed E-state index contributed by atoms with van der Waals surface area (Å²) in [6.07, 6.45) is 4.49. The molecule has 3 aromatic rings. The lowest BCUT2D eigenvalue weighted by Crippen LogP contribution is -2.45. The molecular formula is C23H18FN3O4S. The van der Waals surface area contributed by atoms with Crippen LogP contribution in [0.3, 0.4) is 0 Å². The number of aromatic nitrogens is 1. The van der Waals surface area contributed by atoms with Crippen LogP contribution >= 0.6 is 10.8 Å². The number of halogens is 1. The van der Waals surface area contributed by atoms with Crippen molar-refractivity contribution >= 4 is 34.4 Å². The molecule has 2 aliphatic rings. The molecule has 1 atom stereocenters. The van der Waals surface area contributed by atoms with E-state index in [2.05, 4.69) is 4.98 Å². The van der Waals surface area contributed by atoms with Gasteiger partial charge in [-0.3, -0.25) is 28.6 Å². The molecule has 162 valence electrons. The number of carbonyl (C=O) groups excluding carboxylic acids is 2. The van der Waals surface area contributed by atoms with E-state index in [1.54, 1.807) is 55.5 Å². The normalized spacial score (nSPS) is 18.7. The number of amides is 2. The van der Waals surface area contributed by atoms with Crippen molar-refractivity contribution in [3.05, 3.63) is 95.2 Å². The molecule has 1 aromatic heterocycles. The van der Waals surface area contributed by atoms with Crippen LogP contribution in [0.15, 0.2) is 77.6 Å². The Labute approximate surface area is 184 Å². The first-order chi connectivity index (χ1) is 15.3. The highest BCUT2D eigenvalue weighted by atomic mass is 32.3. The van der Waals surface area contributed by atoms with E-state index in [4.69, 9.17) is 0 Å². The summed E-state index contributed by atoms with van der Waals surface area (Å²) in [6.45, 7) is 1.62. The Morgan fingerprint density at radius 3 is 2.28 bits per heavy atom. The van der Waals surface area contributed by atoms with E-state index in [9.17, 15) is 23.1 Å². The summed E-state index contributed by atoms with van der Waals surface area (Å²) in [5.74, 6) is -1.72. The van der Waals surface area contributed by atoms with Gasteiger partial charge in [-0.25, -0.2) is 8.70 Å². The Morgan fingerprint density at radius 2 is 1.66 bits per heavy atom. The van der Waals surface area contributed by atoms with Crippen molar-refractivity contribution in [2.45, 2.75) is 17.9 Å². The first kappa shape index (κ1) is 20.4. The van der Waals surface area contributed by atoms with Crippen LogP contribution in [0.2, 0.25) is 0 Å². The second-order valence-electron chi connectivity index (χ2n) is 7.45. The van der Waals surface area contributed by atoms with E-state index in [1.807, 2.05) is 0 Å². The number of benzene rings is 2. The van der Waals surface area contributed by atoms with Gasteiger partial charge in [-0.2, -0.15) is 0 Å². The van der Waals surface area contributed by atoms with E-state index in [0.29, 0.717) is 0 Å². The fourth-order valence-electron chi connectivity index (χ4n) is 4.14. The minimum Gasteiger partial charge on any atom is -0.277 e. The molecule has 0 radical (unpaired) electrons. The largest absolute Gasteiger partial charge is 0.277 e. The Hall–Kier alpha value is -3.53. The topological polar surface area (TPSA) is 94.0 Å². The maximum absolute atomic E-state index is 14.7. The van der Waals surface area contributed by atoms with Crippen LogP contribution in [-0.4, -0.2) is 36.8 Å². The van der Waals surface area contributed by atoms with E-state index in [-0.39, 0.29) is 33.0 Å². The van der Waals surface area contributed by atoms with E-state index in [0.717, 1.165) is 11.0 Å². The quantitative estimate of drug-likeness (QED) is 0.556. The third-order valence-corrected chi connectivity index (χ3v) is 7.49. The van der Waals surface area contributed by atoms with Crippen LogP contribution in [0.4, 0.5) is 10.1 Å². The van der Waals surface area contributed by atoms with Crippen LogP contribution in [0.5, 0.6) is 0 Å². The van der Waals surface area contributed by atoms with Crippen molar-refractivity contribution in [1.29, 1.82) is 0 Å². The Balaban J connectivity index is 1.69. The first-order valence-corrected chi connectivity index (χ1v) is 11.3. The molecule has 2 N–H and O–H groups in total. The maximum Gasteiger partial charge on any atom is 0.262 e. The molecule has 0 unspecified atom stereocenters. The van der Waals surface area contributed by atoms with Gasteiger partial charge in [0, 0.05) is 11.8 Å². The predicted octanol–water partition coefficient (Wildman–Crippen LogP) is 4.79. The highest BCUT2D eigenvalue weighted by molar-refractivity contribution is 8.25. The van der Waals surface area contributed by atoms with Gasteiger partial charge in [0.1, 0.15) is 10.7 Å². The molecule has 0 saturated carbocycles. The van der Waals surface area contributed by atoms with E-state index in [1.165, 1.54) is 22.8 Å². The summed E-state index contributed by atoms with van der Waals surface area (Å²) in [4.78, 5) is 31.0. The Morgan fingerprint density at radius 1 is 0.969 bits per heavy atom. The summed E-state index contributed by atoms with van der Waals surface area (Å²) < 4.78 is 38.4. The number of rotatable bonds is 3. The number of nitrogens with zero attached hydrogens (tertiary/aromatic N) is 3. The van der Waals surface area contributed by atoms with Crippen LogP contribution < -0.4 is 4.31 Å². The minimum atomic E-state index is -3.89. The third kappa shape index (κ3) is 2.86. The van der Waals surface area contributed by atoms with Crippen molar-refractivity contribution in [2.75, 3.05) is 4.31 Å². The van der Waals surface area contributed by atoms with E-state index < -0.39 is 34.4 Å². The first-order valence-electron chi connectivity index (χ1n) is 9.78. The summed E-state index contributed by atoms with van der Waals surface area (Å²) in [7, 11) is -3.89. The number of anilines is 1. The fourth-order valence-corrected chi connectivity index (χ4v) is 5.99. The number of imide groups is 1. The van der Waals surface area contributed by atoms with Gasteiger partial charge in [-0.05, 0) is 43.3 Å². The number of carbonyl (C=O) groups is 2. The zero-order valence-electron chi connectivity index (χ0n) is 16.8. The standard InChI is InChI=1S/C23H18FN3O4S/c1-14(26-22(28)17-8-2-3-9-18(17)23(26)29)20-12-15-6-4-10-19(24)21(15)32(30,31)27(20)16-7-5-11-25-13-16/h2-14,30-31H,1H3/t14-/m0/s1. The molecule has 9 heteroatoms. The average Bonchev–Trinajstić information content (AvgIpc) is 3.03. The lowest BCUT2D eigenvalue weighted by Gasteiger charge is -2.49. The number of hydrogen-bond donors (Lipinski definition) is 2. The minimum absolute atomic E-state index is 0.248. The summed E-state index contributed by atoms with van der Waals surface area (Å²) in [6, 6.07) is 13.0. The van der Waals surface area contributed by atoms with Crippen molar-refractivity contribution in [1.82, 2.24) is 9.88 Å². The van der Waals surface area contributed by atoms with Gasteiger partial charge in [0.2, 0.25) is 0 Å². The zero-order chi connectivity index (χ0) is 22.6. The number of hydrogen-bond acceptors (Lipinski definition) is 6. The second-order valence-corrected chi connectivity index (χ2v) is 9.26. The van der Waals surface area contributed by atoms with Crippen molar-refractivity contribution in [2.24, 2.45) is 0 Å². The molecule has 0 spiro atoms. The number of pyridine rings is 1. The van der Waals surface area contributed by atoms with Crippen molar-refractivity contribution < 1.29 is 23.1 Å². The monoisotopic (exact) mass is 451 g/mol. The molecule has 32 heavy (non-hydrogen) atoms. The predicted molar refractivity (Wildman–Crippen MR) is 119 cm³/mol. The SMILES string of the molecule is C[C@@H](C1=Cc2cccc(F)c2S(O)(O)N1c1cccnc1)N1C(=O)c2ccccc2C1=O. The van der Waals surface area contributed by atoms with E-state index >= 15 is 0 Å². The number of fused-ring (bicyclic) bond motifs is 2.